The van der Waals surface area contributed by atoms with Crippen LogP contribution in [0.1, 0.15) is 36.2 Å². The van der Waals surface area contributed by atoms with E-state index in [-0.39, 0.29) is 12.0 Å². The van der Waals surface area contributed by atoms with Crippen molar-refractivity contribution in [3.05, 3.63) is 78.0 Å². The predicted molar refractivity (Wildman–Crippen MR) is 115 cm³/mol. The van der Waals surface area contributed by atoms with E-state index in [9.17, 15) is 4.79 Å². The van der Waals surface area contributed by atoms with Gasteiger partial charge >= 0.3 is 0 Å². The Morgan fingerprint density at radius 1 is 1.13 bits per heavy atom. The van der Waals surface area contributed by atoms with Gasteiger partial charge in [0.05, 0.1) is 6.10 Å². The third-order valence-electron chi connectivity index (χ3n) is 4.83. The summed E-state index contributed by atoms with van der Waals surface area (Å²) in [5, 5.41) is 2.95. The minimum atomic E-state index is -0.140. The highest BCUT2D eigenvalue weighted by molar-refractivity contribution is 5.94. The maximum absolute atomic E-state index is 12.5. The minimum absolute atomic E-state index is 0.110. The number of aromatic nitrogens is 2. The molecular weight excluding hydrogens is 378 g/mol. The second-order valence-corrected chi connectivity index (χ2v) is 7.09. The molecule has 1 N–H and O–H groups in total. The number of hydrogen-bond acceptors (Lipinski definition) is 5. The van der Waals surface area contributed by atoms with E-state index >= 15 is 0 Å². The predicted octanol–water partition coefficient (Wildman–Crippen LogP) is 5.00. The number of carbonyl (C=O) groups excluding carboxylic acids is 1. The van der Waals surface area contributed by atoms with Gasteiger partial charge in [0.15, 0.2) is 11.2 Å². The fraction of sp³-hybridized carbons (Fsp3) is 0.208. The number of rotatable bonds is 7. The first-order valence-electron chi connectivity index (χ1n) is 9.98. The average Bonchev–Trinajstić information content (AvgIpc) is 3.22. The van der Waals surface area contributed by atoms with Gasteiger partial charge in [0.1, 0.15) is 5.75 Å². The highest BCUT2D eigenvalue weighted by Crippen LogP contribution is 2.23. The Labute approximate surface area is 174 Å². The van der Waals surface area contributed by atoms with Gasteiger partial charge in [-0.15, -0.1) is 0 Å². The summed E-state index contributed by atoms with van der Waals surface area (Å²) < 4.78 is 11.5. The van der Waals surface area contributed by atoms with Crippen LogP contribution in [0.2, 0.25) is 0 Å². The molecule has 0 bridgehead atoms. The minimum Gasteiger partial charge on any atom is -0.491 e. The summed E-state index contributed by atoms with van der Waals surface area (Å²) in [6.07, 6.45) is 2.71. The Morgan fingerprint density at radius 2 is 1.97 bits per heavy atom. The molecule has 6 heteroatoms. The quantitative estimate of drug-likeness (QED) is 0.472. The van der Waals surface area contributed by atoms with Crippen LogP contribution in [0.4, 0.5) is 0 Å². The van der Waals surface area contributed by atoms with Crippen LogP contribution in [0.15, 0.2) is 71.3 Å². The van der Waals surface area contributed by atoms with Crippen LogP contribution in [0, 0.1) is 0 Å². The van der Waals surface area contributed by atoms with Gasteiger partial charge in [0.25, 0.3) is 5.91 Å². The monoisotopic (exact) mass is 401 g/mol. The summed E-state index contributed by atoms with van der Waals surface area (Å²) in [5.74, 6) is 1.09. The standard InChI is InChI=1S/C24H23N3O3/c1-3-16(2)29-20-7-4-6-19(14-20)23(28)26-15-17-9-11-18(12-10-17)24-27-22-21(30-24)8-5-13-25-22/h4-14,16H,3,15H2,1-2H3,(H,26,28)/t16-/m0/s1. The molecule has 0 aliphatic rings. The molecule has 30 heavy (non-hydrogen) atoms. The number of ether oxygens (including phenoxy) is 1. The van der Waals surface area contributed by atoms with Gasteiger partial charge < -0.3 is 14.5 Å². The Kier molecular flexibility index (Phi) is 5.75. The topological polar surface area (TPSA) is 77.2 Å². The smallest absolute Gasteiger partial charge is 0.251 e. The van der Waals surface area contributed by atoms with Gasteiger partial charge in [0.2, 0.25) is 5.89 Å². The lowest BCUT2D eigenvalue weighted by molar-refractivity contribution is 0.0950. The van der Waals surface area contributed by atoms with Gasteiger partial charge in [-0.3, -0.25) is 4.79 Å². The van der Waals surface area contributed by atoms with E-state index in [0.717, 1.165) is 17.5 Å². The molecule has 2 heterocycles. The zero-order valence-corrected chi connectivity index (χ0v) is 17.0. The number of fused-ring (bicyclic) bond motifs is 1. The lowest BCUT2D eigenvalue weighted by Gasteiger charge is -2.13. The number of nitrogens with one attached hydrogen (secondary N) is 1. The third kappa shape index (κ3) is 4.49. The van der Waals surface area contributed by atoms with Crippen molar-refractivity contribution in [2.75, 3.05) is 0 Å². The lowest BCUT2D eigenvalue weighted by Crippen LogP contribution is -2.22. The summed E-state index contributed by atoms with van der Waals surface area (Å²) in [6, 6.07) is 18.6. The van der Waals surface area contributed by atoms with Crippen molar-refractivity contribution in [3.63, 3.8) is 0 Å². The van der Waals surface area contributed by atoms with E-state index in [2.05, 4.69) is 22.2 Å². The summed E-state index contributed by atoms with van der Waals surface area (Å²) in [4.78, 5) is 21.1. The number of carbonyl (C=O) groups is 1. The zero-order chi connectivity index (χ0) is 20.9. The second kappa shape index (κ2) is 8.78. The number of benzene rings is 2. The Morgan fingerprint density at radius 3 is 2.73 bits per heavy atom. The van der Waals surface area contributed by atoms with Crippen molar-refractivity contribution in [3.8, 4) is 17.2 Å². The molecule has 0 aliphatic carbocycles. The molecule has 4 rings (SSSR count). The van der Waals surface area contributed by atoms with Gasteiger partial charge in [-0.25, -0.2) is 4.98 Å². The SMILES string of the molecule is CC[C@H](C)Oc1cccc(C(=O)NCc2ccc(-c3nc4ncccc4o3)cc2)c1. The van der Waals surface area contributed by atoms with Crippen LogP contribution in [0.25, 0.3) is 22.7 Å². The molecule has 0 unspecified atom stereocenters. The average molecular weight is 401 g/mol. The van der Waals surface area contributed by atoms with E-state index in [1.54, 1.807) is 18.3 Å². The van der Waals surface area contributed by atoms with Crippen molar-refractivity contribution in [1.29, 1.82) is 0 Å². The van der Waals surface area contributed by atoms with Gasteiger partial charge in [-0.1, -0.05) is 25.1 Å². The van der Waals surface area contributed by atoms with E-state index in [4.69, 9.17) is 9.15 Å². The molecule has 152 valence electrons. The fourth-order valence-electron chi connectivity index (χ4n) is 2.97. The Balaban J connectivity index is 1.39. The highest BCUT2D eigenvalue weighted by Gasteiger charge is 2.10. The van der Waals surface area contributed by atoms with Crippen molar-refractivity contribution < 1.29 is 13.9 Å². The first kappa shape index (κ1) is 19.6. The summed E-state index contributed by atoms with van der Waals surface area (Å²) in [7, 11) is 0. The molecule has 0 aliphatic heterocycles. The van der Waals surface area contributed by atoms with Crippen LogP contribution in [-0.4, -0.2) is 22.0 Å². The third-order valence-corrected chi connectivity index (χ3v) is 4.83. The molecule has 0 fully saturated rings. The van der Waals surface area contributed by atoms with Gasteiger partial charge in [-0.05, 0) is 61.4 Å². The molecule has 6 nitrogen and oxygen atoms in total. The molecule has 4 aromatic rings. The molecule has 0 radical (unpaired) electrons. The highest BCUT2D eigenvalue weighted by atomic mass is 16.5. The fourth-order valence-corrected chi connectivity index (χ4v) is 2.97. The number of amides is 1. The van der Waals surface area contributed by atoms with Crippen LogP contribution in [-0.2, 0) is 6.54 Å². The van der Waals surface area contributed by atoms with Crippen molar-refractivity contribution >= 4 is 17.1 Å². The maximum Gasteiger partial charge on any atom is 0.251 e. The molecule has 1 atom stereocenters. The first-order chi connectivity index (χ1) is 14.6. The van der Waals surface area contributed by atoms with Crippen molar-refractivity contribution in [1.82, 2.24) is 15.3 Å². The number of oxazole rings is 1. The van der Waals surface area contributed by atoms with Crippen LogP contribution in [0.5, 0.6) is 5.75 Å². The molecule has 0 spiro atoms. The van der Waals surface area contributed by atoms with Crippen molar-refractivity contribution in [2.24, 2.45) is 0 Å². The molecular formula is C24H23N3O3. The van der Waals surface area contributed by atoms with E-state index in [1.165, 1.54) is 0 Å². The molecule has 0 saturated heterocycles. The maximum atomic E-state index is 12.5. The van der Waals surface area contributed by atoms with Crippen LogP contribution >= 0.6 is 0 Å². The van der Waals surface area contributed by atoms with Gasteiger partial charge in [-0.2, -0.15) is 4.98 Å². The zero-order valence-electron chi connectivity index (χ0n) is 17.0. The number of nitrogens with zero attached hydrogens (tertiary/aromatic N) is 2. The Bertz CT molecular complexity index is 1120. The number of hydrogen-bond donors (Lipinski definition) is 1. The normalized spacial score (nSPS) is 11.9. The molecule has 0 saturated carbocycles. The number of pyridine rings is 1. The van der Waals surface area contributed by atoms with Crippen LogP contribution < -0.4 is 10.1 Å². The van der Waals surface area contributed by atoms with Gasteiger partial charge in [0, 0.05) is 23.9 Å². The lowest BCUT2D eigenvalue weighted by atomic mass is 10.1. The summed E-state index contributed by atoms with van der Waals surface area (Å²) >= 11 is 0. The largest absolute Gasteiger partial charge is 0.491 e. The van der Waals surface area contributed by atoms with E-state index < -0.39 is 0 Å². The molecule has 2 aromatic heterocycles. The second-order valence-electron chi connectivity index (χ2n) is 7.09. The van der Waals surface area contributed by atoms with Crippen molar-refractivity contribution in [2.45, 2.75) is 32.9 Å². The molecule has 1 amide bonds. The van der Waals surface area contributed by atoms with E-state index in [0.29, 0.717) is 35.0 Å². The van der Waals surface area contributed by atoms with E-state index in [1.807, 2.05) is 55.5 Å². The summed E-state index contributed by atoms with van der Waals surface area (Å²) in [6.45, 7) is 4.49. The Hall–Kier alpha value is -3.67. The van der Waals surface area contributed by atoms with Crippen LogP contribution in [0.3, 0.4) is 0 Å². The molecule has 2 aromatic carbocycles. The summed E-state index contributed by atoms with van der Waals surface area (Å²) in [5.41, 5.74) is 3.66. The first-order valence-corrected chi connectivity index (χ1v) is 9.98.